The molecule has 3 aromatic rings. The summed E-state index contributed by atoms with van der Waals surface area (Å²) in [5, 5.41) is 63.2. The van der Waals surface area contributed by atoms with Crippen molar-refractivity contribution in [1.82, 2.24) is 5.32 Å². The largest absolute Gasteiger partial charge is 0.508 e. The van der Waals surface area contributed by atoms with Crippen LogP contribution >= 0.6 is 0 Å². The van der Waals surface area contributed by atoms with E-state index in [4.69, 9.17) is 28.4 Å². The van der Waals surface area contributed by atoms with E-state index in [0.29, 0.717) is 46.2 Å². The van der Waals surface area contributed by atoms with Crippen LogP contribution in [0.2, 0.25) is 0 Å². The lowest BCUT2D eigenvalue weighted by Crippen LogP contribution is -2.61. The van der Waals surface area contributed by atoms with E-state index in [1.54, 1.807) is 37.3 Å². The van der Waals surface area contributed by atoms with Crippen molar-refractivity contribution in [3.63, 3.8) is 0 Å². The van der Waals surface area contributed by atoms with Gasteiger partial charge < -0.3 is 59.1 Å². The van der Waals surface area contributed by atoms with Crippen molar-refractivity contribution < 1.29 is 63.9 Å². The molecule has 3 heterocycles. The van der Waals surface area contributed by atoms with Crippen LogP contribution < -0.4 is 29.0 Å². The molecule has 14 heteroatoms. The van der Waals surface area contributed by atoms with E-state index in [1.807, 2.05) is 6.07 Å². The number of aliphatic hydroxyl groups excluding tert-OH is 4. The Morgan fingerprint density at radius 2 is 1.89 bits per heavy atom. The molecule has 0 saturated carbocycles. The molecule has 0 unspecified atom stereocenters. The second-order valence-electron chi connectivity index (χ2n) is 11.3. The molecule has 0 amide bonds. The summed E-state index contributed by atoms with van der Waals surface area (Å²) in [7, 11) is 1.51. The zero-order valence-electron chi connectivity index (χ0n) is 24.9. The van der Waals surface area contributed by atoms with Crippen LogP contribution in [0.15, 0.2) is 48.5 Å². The van der Waals surface area contributed by atoms with Crippen molar-refractivity contribution in [3.8, 4) is 45.6 Å². The van der Waals surface area contributed by atoms with Gasteiger partial charge in [-0.25, -0.2) is 4.79 Å². The molecule has 7 N–H and O–H groups in total. The van der Waals surface area contributed by atoms with E-state index in [2.05, 4.69) is 5.32 Å². The Morgan fingerprint density at radius 3 is 2.61 bits per heavy atom. The first kappa shape index (κ1) is 31.7. The van der Waals surface area contributed by atoms with Crippen molar-refractivity contribution in [3.05, 3.63) is 59.7 Å². The Bertz CT molecular complexity index is 1600. The molecule has 46 heavy (non-hydrogen) atoms. The van der Waals surface area contributed by atoms with E-state index in [0.717, 1.165) is 5.56 Å². The number of carboxylic acids is 1. The highest BCUT2D eigenvalue weighted by Crippen LogP contribution is 2.58. The zero-order chi connectivity index (χ0) is 32.7. The quantitative estimate of drug-likeness (QED) is 0.123. The molecule has 0 aromatic heterocycles. The van der Waals surface area contributed by atoms with Gasteiger partial charge in [-0.2, -0.15) is 0 Å². The number of rotatable bonds is 10. The zero-order valence-corrected chi connectivity index (χ0v) is 24.9. The van der Waals surface area contributed by atoms with Crippen LogP contribution in [0.5, 0.6) is 34.5 Å². The highest BCUT2D eigenvalue weighted by atomic mass is 16.7. The highest BCUT2D eigenvalue weighted by Gasteiger charge is 2.49. The van der Waals surface area contributed by atoms with Crippen molar-refractivity contribution in [2.75, 3.05) is 27.0 Å². The average Bonchev–Trinajstić information content (AvgIpc) is 3.41. The first-order valence-electron chi connectivity index (χ1n) is 14.7. The molecule has 246 valence electrons. The van der Waals surface area contributed by atoms with Crippen molar-refractivity contribution in [2.24, 2.45) is 0 Å². The maximum Gasteiger partial charge on any atom is 0.335 e. The van der Waals surface area contributed by atoms with Crippen LogP contribution in [-0.2, 0) is 9.53 Å². The number of aliphatic carboxylic acids is 1. The van der Waals surface area contributed by atoms with Crippen LogP contribution in [0.1, 0.15) is 30.1 Å². The molecule has 3 aromatic carbocycles. The third kappa shape index (κ3) is 5.86. The van der Waals surface area contributed by atoms with Crippen LogP contribution in [0.25, 0.3) is 11.1 Å². The number of hydrogen-bond donors (Lipinski definition) is 7. The second-order valence-corrected chi connectivity index (χ2v) is 11.3. The molecule has 8 atom stereocenters. The maximum atomic E-state index is 11.6. The lowest BCUT2D eigenvalue weighted by Gasteiger charge is -2.38. The Labute approximate surface area is 263 Å². The molecule has 3 aliphatic rings. The normalized spacial score (nSPS) is 26.9. The predicted molar refractivity (Wildman–Crippen MR) is 158 cm³/mol. The lowest BCUT2D eigenvalue weighted by molar-refractivity contribution is -0.271. The monoisotopic (exact) mass is 641 g/mol. The van der Waals surface area contributed by atoms with E-state index in [-0.39, 0.29) is 30.8 Å². The molecular weight excluding hydrogens is 606 g/mol. The van der Waals surface area contributed by atoms with Gasteiger partial charge in [-0.1, -0.05) is 18.2 Å². The summed E-state index contributed by atoms with van der Waals surface area (Å²) >= 11 is 0. The number of phenols is 1. The van der Waals surface area contributed by atoms with Crippen molar-refractivity contribution in [1.29, 1.82) is 0 Å². The Balaban J connectivity index is 1.36. The number of ether oxygens (including phenoxy) is 6. The number of fused-ring (bicyclic) bond motifs is 5. The summed E-state index contributed by atoms with van der Waals surface area (Å²) in [6.45, 7) is 2.35. The SMILES string of the molecule is COc1c(OCNC[C@H](C)O)ccc2c1O[C@@H]1c3c(cc(O[C@H]4O[C@H](C(=O)O)[C@@H](O)[C@H](O)[C@H]4O)cc3-c3cccc(O)c3)OC[C@@H]21. The van der Waals surface area contributed by atoms with Gasteiger partial charge in [-0.05, 0) is 42.3 Å². The number of phenolic OH excluding ortho intramolecular Hbond substituents is 1. The molecule has 0 radical (unpaired) electrons. The Morgan fingerprint density at radius 1 is 1.09 bits per heavy atom. The van der Waals surface area contributed by atoms with Gasteiger partial charge in [0, 0.05) is 23.7 Å². The maximum absolute atomic E-state index is 11.6. The van der Waals surface area contributed by atoms with Gasteiger partial charge in [0.25, 0.3) is 0 Å². The van der Waals surface area contributed by atoms with Crippen LogP contribution in [0.4, 0.5) is 0 Å². The Hall–Kier alpha value is -4.31. The number of hydrogen-bond acceptors (Lipinski definition) is 13. The fourth-order valence-electron chi connectivity index (χ4n) is 5.94. The summed E-state index contributed by atoms with van der Waals surface area (Å²) in [5.41, 5.74) is 2.60. The minimum Gasteiger partial charge on any atom is -0.508 e. The molecule has 6 rings (SSSR count). The molecule has 3 aliphatic heterocycles. The van der Waals surface area contributed by atoms with E-state index < -0.39 is 48.9 Å². The molecule has 1 fully saturated rings. The number of aliphatic hydroxyl groups is 4. The summed E-state index contributed by atoms with van der Waals surface area (Å²) in [4.78, 5) is 11.6. The number of benzene rings is 3. The van der Waals surface area contributed by atoms with E-state index >= 15 is 0 Å². The van der Waals surface area contributed by atoms with Gasteiger partial charge in [0.15, 0.2) is 17.6 Å². The summed E-state index contributed by atoms with van der Waals surface area (Å²) < 4.78 is 35.6. The first-order chi connectivity index (χ1) is 22.1. The van der Waals surface area contributed by atoms with Gasteiger partial charge in [0.1, 0.15) is 48.4 Å². The fraction of sp³-hybridized carbons (Fsp3) is 0.406. The molecule has 0 spiro atoms. The standard InChI is InChI=1S/C32H35NO13/c1-14(34)11-33-13-43-21-7-6-18-20-12-42-22-10-17(44-32-26(38)24(36)25(37)30(46-32)31(39)40)9-19(15-4-3-5-16(35)8-15)23(22)27(20)45-28(18)29(21)41-2/h3-10,14,20,24-27,30,32-38H,11-13H2,1-2H3,(H,39,40)/t14-,20-,24-,25-,26+,27-,30-,32-/m0/s1. The topological polar surface area (TPSA) is 206 Å². The highest BCUT2D eigenvalue weighted by molar-refractivity contribution is 5.76. The number of methoxy groups -OCH3 is 1. The smallest absolute Gasteiger partial charge is 0.335 e. The number of aromatic hydroxyl groups is 1. The van der Waals surface area contributed by atoms with Crippen LogP contribution in [0.3, 0.4) is 0 Å². The third-order valence-corrected chi connectivity index (χ3v) is 8.13. The summed E-state index contributed by atoms with van der Waals surface area (Å²) in [6, 6.07) is 13.3. The van der Waals surface area contributed by atoms with Gasteiger partial charge in [0.2, 0.25) is 12.0 Å². The molecule has 0 bridgehead atoms. The first-order valence-corrected chi connectivity index (χ1v) is 14.7. The van der Waals surface area contributed by atoms with Crippen LogP contribution in [-0.4, -0.2) is 100 Å². The fourth-order valence-corrected chi connectivity index (χ4v) is 5.94. The summed E-state index contributed by atoms with van der Waals surface area (Å²) in [5.74, 6) is -0.0124. The molecule has 14 nitrogen and oxygen atoms in total. The van der Waals surface area contributed by atoms with Gasteiger partial charge in [0.05, 0.1) is 25.7 Å². The van der Waals surface area contributed by atoms with E-state index in [9.17, 15) is 35.4 Å². The molecule has 1 saturated heterocycles. The van der Waals surface area contributed by atoms with Gasteiger partial charge >= 0.3 is 5.97 Å². The van der Waals surface area contributed by atoms with Crippen LogP contribution in [0, 0.1) is 0 Å². The van der Waals surface area contributed by atoms with E-state index in [1.165, 1.54) is 19.2 Å². The summed E-state index contributed by atoms with van der Waals surface area (Å²) in [6.07, 6.45) is -10.1. The van der Waals surface area contributed by atoms with Crippen molar-refractivity contribution in [2.45, 2.75) is 55.8 Å². The minimum atomic E-state index is -1.87. The molecule has 0 aliphatic carbocycles. The molecular formula is C32H35NO13. The Kier molecular flexibility index (Phi) is 8.83. The third-order valence-electron chi connectivity index (χ3n) is 8.13. The lowest BCUT2D eigenvalue weighted by atomic mass is 9.85. The van der Waals surface area contributed by atoms with Crippen molar-refractivity contribution >= 4 is 5.97 Å². The van der Waals surface area contributed by atoms with Gasteiger partial charge in [-0.3, -0.25) is 5.32 Å². The van der Waals surface area contributed by atoms with Gasteiger partial charge in [-0.15, -0.1) is 0 Å². The second kappa shape index (κ2) is 12.8. The minimum absolute atomic E-state index is 0.00147. The number of carboxylic acid groups (broad SMARTS) is 1. The number of carbonyl (C=O) groups is 1. The predicted octanol–water partition coefficient (Wildman–Crippen LogP) is 1.26. The average molecular weight is 642 g/mol. The number of nitrogens with one attached hydrogen (secondary N) is 1.